The molecule has 0 saturated carbocycles. The average molecular weight is 728 g/mol. The van der Waals surface area contributed by atoms with Crippen LogP contribution in [0.5, 0.6) is 0 Å². The molecule has 0 aliphatic carbocycles. The van der Waals surface area contributed by atoms with Crippen molar-refractivity contribution in [3.63, 3.8) is 0 Å². The highest BCUT2D eigenvalue weighted by Crippen LogP contribution is 2.38. The van der Waals surface area contributed by atoms with Gasteiger partial charge in [0.2, 0.25) is 5.95 Å². The van der Waals surface area contributed by atoms with Crippen LogP contribution in [-0.4, -0.2) is 110 Å². The zero-order valence-electron chi connectivity index (χ0n) is 23.1. The van der Waals surface area contributed by atoms with Crippen molar-refractivity contribution in [3.8, 4) is 5.00 Å². The number of benzene rings is 1. The van der Waals surface area contributed by atoms with E-state index in [-0.39, 0.29) is 0 Å². The summed E-state index contributed by atoms with van der Waals surface area (Å²) in [5, 5.41) is 10.9. The lowest BCUT2D eigenvalue weighted by Crippen LogP contribution is -2.48. The number of ether oxygens (including phenoxy) is 1. The fraction of sp³-hybridized carbons (Fsp3) is 0.458. The zero-order valence-corrected chi connectivity index (χ0v) is 27.9. The fourth-order valence-electron chi connectivity index (χ4n) is 4.14. The zero-order chi connectivity index (χ0) is 31.1. The molecule has 2 aliphatic rings. The molecule has 232 valence electrons. The SMILES string of the molecule is CCOCCN1CCN(c2nnc3n2-c2sc(Br)cc2C(c2ccccc2Cl)=NC3)CC1.CS(=O)(=O)O.CS(=O)(=O)O. The predicted octanol–water partition coefficient (Wildman–Crippen LogP) is 3.26. The molecule has 13 nitrogen and oxygen atoms in total. The van der Waals surface area contributed by atoms with E-state index in [1.165, 1.54) is 0 Å². The van der Waals surface area contributed by atoms with Gasteiger partial charge in [-0.25, -0.2) is 0 Å². The second kappa shape index (κ2) is 15.2. The Morgan fingerprint density at radius 1 is 1.02 bits per heavy atom. The minimum absolute atomic E-state index is 0.459. The number of thiophene rings is 1. The number of aliphatic imine (C=N–C) groups is 1. The highest BCUT2D eigenvalue weighted by atomic mass is 79.9. The van der Waals surface area contributed by atoms with Crippen molar-refractivity contribution in [1.29, 1.82) is 0 Å². The number of anilines is 1. The van der Waals surface area contributed by atoms with Gasteiger partial charge in [0.05, 0.1) is 28.6 Å². The van der Waals surface area contributed by atoms with Crippen molar-refractivity contribution in [1.82, 2.24) is 19.7 Å². The molecule has 18 heteroatoms. The van der Waals surface area contributed by atoms with E-state index in [2.05, 4.69) is 46.6 Å². The number of aromatic nitrogens is 3. The minimum Gasteiger partial charge on any atom is -0.380 e. The van der Waals surface area contributed by atoms with E-state index in [0.29, 0.717) is 24.1 Å². The van der Waals surface area contributed by atoms with Crippen molar-refractivity contribution in [3.05, 3.63) is 56.1 Å². The normalized spacial score (nSPS) is 15.3. The molecule has 1 aromatic carbocycles. The smallest absolute Gasteiger partial charge is 0.261 e. The van der Waals surface area contributed by atoms with Crippen LogP contribution in [0.3, 0.4) is 0 Å². The molecule has 2 aromatic heterocycles. The Morgan fingerprint density at radius 2 is 1.64 bits per heavy atom. The standard InChI is InChI=1S/C22H24BrClN6OS.2CH4O3S/c1-2-31-12-11-28-7-9-29(10-8-28)22-27-26-19-14-25-20(15-5-3-4-6-17(15)24)16-13-18(23)32-21(16)30(19)22;2*1-5(2,3)4/h3-6,13H,2,7-12,14H2,1H3;2*1H3,(H,2,3,4). The molecule has 0 radical (unpaired) electrons. The lowest BCUT2D eigenvalue weighted by atomic mass is 10.0. The van der Waals surface area contributed by atoms with Crippen molar-refractivity contribution >= 4 is 70.8 Å². The van der Waals surface area contributed by atoms with Crippen LogP contribution in [0.4, 0.5) is 5.95 Å². The second-order valence-corrected chi connectivity index (χ2v) is 14.9. The molecule has 0 unspecified atom stereocenters. The average Bonchev–Trinajstić information content (AvgIpc) is 3.43. The summed E-state index contributed by atoms with van der Waals surface area (Å²) in [7, 11) is -7.33. The van der Waals surface area contributed by atoms with Gasteiger partial charge in [0, 0.05) is 55.5 Å². The Balaban J connectivity index is 0.000000420. The highest BCUT2D eigenvalue weighted by Gasteiger charge is 2.29. The molecular weight excluding hydrogens is 696 g/mol. The molecule has 2 aliphatic heterocycles. The lowest BCUT2D eigenvalue weighted by molar-refractivity contribution is 0.111. The van der Waals surface area contributed by atoms with Gasteiger partial charge in [-0.1, -0.05) is 29.8 Å². The van der Waals surface area contributed by atoms with Gasteiger partial charge in [-0.3, -0.25) is 23.6 Å². The number of hydrogen-bond acceptors (Lipinski definition) is 11. The summed E-state index contributed by atoms with van der Waals surface area (Å²) in [5.74, 6) is 1.73. The highest BCUT2D eigenvalue weighted by molar-refractivity contribution is 9.11. The quantitative estimate of drug-likeness (QED) is 0.283. The van der Waals surface area contributed by atoms with Gasteiger partial charge < -0.3 is 9.64 Å². The first-order valence-corrected chi connectivity index (χ1v) is 18.3. The molecule has 1 fully saturated rings. The number of piperazine rings is 1. The summed E-state index contributed by atoms with van der Waals surface area (Å²) in [6, 6.07) is 9.97. The monoisotopic (exact) mass is 726 g/mol. The van der Waals surface area contributed by atoms with Gasteiger partial charge in [-0.05, 0) is 35.0 Å². The van der Waals surface area contributed by atoms with Crippen LogP contribution < -0.4 is 4.90 Å². The van der Waals surface area contributed by atoms with Crippen LogP contribution in [0.25, 0.3) is 5.00 Å². The number of fused-ring (bicyclic) bond motifs is 3. The number of nitrogens with zero attached hydrogens (tertiary/aromatic N) is 6. The third-order valence-corrected chi connectivity index (χ3v) is 7.73. The van der Waals surface area contributed by atoms with E-state index < -0.39 is 20.2 Å². The van der Waals surface area contributed by atoms with E-state index in [1.54, 1.807) is 11.3 Å². The van der Waals surface area contributed by atoms with Gasteiger partial charge in [-0.2, -0.15) is 16.8 Å². The third kappa shape index (κ3) is 10.6. The third-order valence-electron chi connectivity index (χ3n) is 5.77. The van der Waals surface area contributed by atoms with Gasteiger partial charge in [0.1, 0.15) is 11.5 Å². The molecule has 0 spiro atoms. The molecule has 3 aromatic rings. The first-order valence-electron chi connectivity index (χ1n) is 12.6. The molecular formula is C24H32BrClN6O7S3. The van der Waals surface area contributed by atoms with Crippen molar-refractivity contribution < 1.29 is 30.7 Å². The largest absolute Gasteiger partial charge is 0.380 e. The number of rotatable bonds is 6. The first-order chi connectivity index (χ1) is 19.7. The van der Waals surface area contributed by atoms with Crippen molar-refractivity contribution in [2.24, 2.45) is 4.99 Å². The van der Waals surface area contributed by atoms with E-state index in [4.69, 9.17) is 30.4 Å². The fourth-order valence-corrected chi connectivity index (χ4v) is 5.96. The van der Waals surface area contributed by atoms with Gasteiger partial charge in [-0.15, -0.1) is 21.5 Å². The molecule has 2 N–H and O–H groups in total. The molecule has 1 saturated heterocycles. The Kier molecular flexibility index (Phi) is 12.5. The molecule has 5 rings (SSSR count). The summed E-state index contributed by atoms with van der Waals surface area (Å²) < 4.78 is 60.5. The molecule has 4 heterocycles. The Morgan fingerprint density at radius 3 is 2.24 bits per heavy atom. The minimum atomic E-state index is -3.67. The van der Waals surface area contributed by atoms with Gasteiger partial charge >= 0.3 is 0 Å². The van der Waals surface area contributed by atoms with Crippen LogP contribution in [0.15, 0.2) is 39.1 Å². The Bertz CT molecular complexity index is 1560. The van der Waals surface area contributed by atoms with Crippen molar-refractivity contribution in [2.45, 2.75) is 13.5 Å². The summed E-state index contributed by atoms with van der Waals surface area (Å²) in [4.78, 5) is 9.68. The van der Waals surface area contributed by atoms with Crippen LogP contribution >= 0.6 is 38.9 Å². The maximum atomic E-state index is 9.19. The topological polar surface area (TPSA) is 168 Å². The summed E-state index contributed by atoms with van der Waals surface area (Å²) in [6.45, 7) is 8.79. The second-order valence-electron chi connectivity index (χ2n) is 9.16. The summed E-state index contributed by atoms with van der Waals surface area (Å²) in [5.41, 5.74) is 2.87. The van der Waals surface area contributed by atoms with E-state index in [9.17, 15) is 16.8 Å². The van der Waals surface area contributed by atoms with E-state index in [0.717, 1.165) is 83.3 Å². The van der Waals surface area contributed by atoms with Crippen molar-refractivity contribution in [2.75, 3.05) is 63.3 Å². The van der Waals surface area contributed by atoms with E-state index in [1.807, 2.05) is 31.2 Å². The van der Waals surface area contributed by atoms with Crippen LogP contribution in [0.2, 0.25) is 5.02 Å². The molecule has 0 amide bonds. The maximum absolute atomic E-state index is 9.19. The summed E-state index contributed by atoms with van der Waals surface area (Å²) >= 11 is 11.9. The summed E-state index contributed by atoms with van der Waals surface area (Å²) in [6.07, 6.45) is 1.43. The maximum Gasteiger partial charge on any atom is 0.261 e. The lowest BCUT2D eigenvalue weighted by Gasteiger charge is -2.35. The number of hydrogen-bond donors (Lipinski definition) is 2. The predicted molar refractivity (Wildman–Crippen MR) is 168 cm³/mol. The molecule has 42 heavy (non-hydrogen) atoms. The van der Waals surface area contributed by atoms with Crippen LogP contribution in [0, 0.1) is 0 Å². The molecule has 0 atom stereocenters. The van der Waals surface area contributed by atoms with Crippen LogP contribution in [0.1, 0.15) is 23.9 Å². The first kappa shape index (κ1) is 34.5. The van der Waals surface area contributed by atoms with Gasteiger partial charge in [0.25, 0.3) is 20.2 Å². The Hall–Kier alpha value is -1.96. The van der Waals surface area contributed by atoms with Gasteiger partial charge in [0.15, 0.2) is 5.82 Å². The number of halogens is 2. The Labute approximate surface area is 262 Å². The van der Waals surface area contributed by atoms with E-state index >= 15 is 0 Å². The van der Waals surface area contributed by atoms with Crippen LogP contribution in [-0.2, 0) is 31.5 Å². The molecule has 0 bridgehead atoms.